The van der Waals surface area contributed by atoms with Crippen LogP contribution in [-0.2, 0) is 24.3 Å². The Hall–Kier alpha value is -4.78. The molecule has 0 aliphatic heterocycles. The maximum Gasteiger partial charge on any atom is 0.257 e. The zero-order chi connectivity index (χ0) is 28.8. The Morgan fingerprint density at radius 2 is 1.39 bits per heavy atom. The molecule has 2 amide bonds. The second-order valence-corrected chi connectivity index (χ2v) is 10.2. The predicted molar refractivity (Wildman–Crippen MR) is 156 cm³/mol. The summed E-state index contributed by atoms with van der Waals surface area (Å²) in [5, 5.41) is 1.10. The van der Waals surface area contributed by atoms with Crippen LogP contribution in [0.4, 0.5) is 8.78 Å². The fourth-order valence-corrected chi connectivity index (χ4v) is 4.88. The van der Waals surface area contributed by atoms with Gasteiger partial charge in [0.2, 0.25) is 5.91 Å². The Bertz CT molecular complexity index is 1650. The van der Waals surface area contributed by atoms with E-state index in [1.165, 1.54) is 35.2 Å². The van der Waals surface area contributed by atoms with Gasteiger partial charge in [-0.15, -0.1) is 0 Å². The average Bonchev–Trinajstić information content (AvgIpc) is 3.40. The molecule has 0 aliphatic carbocycles. The Morgan fingerprint density at radius 3 is 2.12 bits per heavy atom. The number of halogens is 2. The minimum absolute atomic E-state index is 0.0278. The zero-order valence-electron chi connectivity index (χ0n) is 22.8. The van der Waals surface area contributed by atoms with Crippen LogP contribution in [0.5, 0.6) is 0 Å². The van der Waals surface area contributed by atoms with Gasteiger partial charge in [-0.2, -0.15) is 0 Å². The molecule has 0 unspecified atom stereocenters. The summed E-state index contributed by atoms with van der Waals surface area (Å²) >= 11 is 0. The second kappa shape index (κ2) is 12.6. The fourth-order valence-electron chi connectivity index (χ4n) is 4.88. The van der Waals surface area contributed by atoms with Gasteiger partial charge in [0.25, 0.3) is 5.91 Å². The highest BCUT2D eigenvalue weighted by Gasteiger charge is 2.25. The highest BCUT2D eigenvalue weighted by atomic mass is 19.1. The number of aryl methyl sites for hydroxylation is 1. The molecule has 41 heavy (non-hydrogen) atoms. The van der Waals surface area contributed by atoms with Crippen LogP contribution in [0.1, 0.15) is 32.6 Å². The standard InChI is InChI=1S/C34H31F2N3O2/c1-24-10-12-25(13-11-24)21-38(19-18-27-20-37-32-9-5-3-6-29(27)32)33(40)23-39(22-26-14-16-28(35)17-15-26)34(41)30-7-2-4-8-31(30)36/h2-17,20,37H,18-19,21-23H2,1H3. The van der Waals surface area contributed by atoms with Crippen LogP contribution in [0.3, 0.4) is 0 Å². The molecule has 4 aromatic carbocycles. The van der Waals surface area contributed by atoms with E-state index in [4.69, 9.17) is 0 Å². The predicted octanol–water partition coefficient (Wildman–Crippen LogP) is 6.67. The van der Waals surface area contributed by atoms with E-state index in [-0.39, 0.29) is 24.6 Å². The molecule has 7 heteroatoms. The van der Waals surface area contributed by atoms with Crippen LogP contribution in [0.25, 0.3) is 10.9 Å². The highest BCUT2D eigenvalue weighted by molar-refractivity contribution is 5.96. The SMILES string of the molecule is Cc1ccc(CN(CCc2c[nH]c3ccccc23)C(=O)CN(Cc2ccc(F)cc2)C(=O)c2ccccc2F)cc1. The van der Waals surface area contributed by atoms with Gasteiger partial charge in [-0.3, -0.25) is 9.59 Å². The summed E-state index contributed by atoms with van der Waals surface area (Å²) in [6.07, 6.45) is 2.57. The third-order valence-corrected chi connectivity index (χ3v) is 7.18. The maximum absolute atomic E-state index is 14.6. The fraction of sp³-hybridized carbons (Fsp3) is 0.176. The van der Waals surface area contributed by atoms with Crippen molar-refractivity contribution in [2.24, 2.45) is 0 Å². The molecule has 0 saturated heterocycles. The van der Waals surface area contributed by atoms with Crippen molar-refractivity contribution >= 4 is 22.7 Å². The van der Waals surface area contributed by atoms with Gasteiger partial charge in [0.15, 0.2) is 0 Å². The Kier molecular flexibility index (Phi) is 8.53. The quantitative estimate of drug-likeness (QED) is 0.211. The molecular formula is C34H31F2N3O2. The van der Waals surface area contributed by atoms with E-state index in [1.807, 2.05) is 61.7 Å². The number of hydrogen-bond donors (Lipinski definition) is 1. The summed E-state index contributed by atoms with van der Waals surface area (Å²) in [5.41, 5.74) is 4.71. The van der Waals surface area contributed by atoms with Crippen LogP contribution < -0.4 is 0 Å². The van der Waals surface area contributed by atoms with E-state index in [1.54, 1.807) is 23.1 Å². The maximum atomic E-state index is 14.6. The smallest absolute Gasteiger partial charge is 0.257 e. The van der Waals surface area contributed by atoms with Crippen LogP contribution in [0.2, 0.25) is 0 Å². The molecule has 0 saturated carbocycles. The molecule has 1 heterocycles. The van der Waals surface area contributed by atoms with Crippen molar-refractivity contribution in [3.05, 3.63) is 143 Å². The van der Waals surface area contributed by atoms with Crippen molar-refractivity contribution in [3.63, 3.8) is 0 Å². The van der Waals surface area contributed by atoms with Gasteiger partial charge >= 0.3 is 0 Å². The summed E-state index contributed by atoms with van der Waals surface area (Å²) in [6.45, 7) is 2.56. The summed E-state index contributed by atoms with van der Waals surface area (Å²) in [7, 11) is 0. The molecule has 208 valence electrons. The Labute approximate surface area is 238 Å². The van der Waals surface area contributed by atoms with Crippen molar-refractivity contribution in [1.82, 2.24) is 14.8 Å². The van der Waals surface area contributed by atoms with Gasteiger partial charge in [0.05, 0.1) is 5.56 Å². The van der Waals surface area contributed by atoms with E-state index >= 15 is 0 Å². The topological polar surface area (TPSA) is 56.4 Å². The molecule has 0 aliphatic rings. The number of H-pyrrole nitrogens is 1. The number of nitrogens with one attached hydrogen (secondary N) is 1. The number of benzene rings is 4. The van der Waals surface area contributed by atoms with E-state index in [9.17, 15) is 18.4 Å². The Morgan fingerprint density at radius 1 is 0.756 bits per heavy atom. The first-order valence-corrected chi connectivity index (χ1v) is 13.5. The van der Waals surface area contributed by atoms with Crippen LogP contribution >= 0.6 is 0 Å². The second-order valence-electron chi connectivity index (χ2n) is 10.2. The molecule has 0 bridgehead atoms. The third-order valence-electron chi connectivity index (χ3n) is 7.18. The lowest BCUT2D eigenvalue weighted by Crippen LogP contribution is -2.43. The lowest BCUT2D eigenvalue weighted by molar-refractivity contribution is -0.132. The minimum Gasteiger partial charge on any atom is -0.361 e. The third kappa shape index (κ3) is 6.87. The van der Waals surface area contributed by atoms with Crippen molar-refractivity contribution in [2.75, 3.05) is 13.1 Å². The number of hydrogen-bond acceptors (Lipinski definition) is 2. The lowest BCUT2D eigenvalue weighted by Gasteiger charge is -2.28. The number of fused-ring (bicyclic) bond motifs is 1. The number of carbonyl (C=O) groups is 2. The van der Waals surface area contributed by atoms with E-state index in [0.29, 0.717) is 25.1 Å². The number of nitrogens with zero attached hydrogens (tertiary/aromatic N) is 2. The molecule has 0 radical (unpaired) electrons. The normalized spacial score (nSPS) is 11.0. The van der Waals surface area contributed by atoms with Crippen molar-refractivity contribution < 1.29 is 18.4 Å². The van der Waals surface area contributed by atoms with E-state index < -0.39 is 17.5 Å². The number of aromatic nitrogens is 1. The van der Waals surface area contributed by atoms with Crippen LogP contribution in [-0.4, -0.2) is 39.7 Å². The van der Waals surface area contributed by atoms with Crippen molar-refractivity contribution in [2.45, 2.75) is 26.4 Å². The summed E-state index contributed by atoms with van der Waals surface area (Å²) < 4.78 is 28.2. The van der Waals surface area contributed by atoms with Crippen molar-refractivity contribution in [1.29, 1.82) is 0 Å². The molecule has 1 N–H and O–H groups in total. The number of carbonyl (C=O) groups excluding carboxylic acids is 2. The molecule has 0 atom stereocenters. The van der Waals surface area contributed by atoms with Gasteiger partial charge in [0.1, 0.15) is 18.2 Å². The zero-order valence-corrected chi connectivity index (χ0v) is 22.8. The molecule has 5 rings (SSSR count). The van der Waals surface area contributed by atoms with Gasteiger partial charge in [0, 0.05) is 36.7 Å². The number of rotatable bonds is 10. The molecular weight excluding hydrogens is 520 g/mol. The van der Waals surface area contributed by atoms with Gasteiger partial charge in [-0.25, -0.2) is 8.78 Å². The van der Waals surface area contributed by atoms with E-state index in [2.05, 4.69) is 4.98 Å². The average molecular weight is 552 g/mol. The first-order chi connectivity index (χ1) is 19.9. The molecule has 0 fully saturated rings. The van der Waals surface area contributed by atoms with Gasteiger partial charge in [-0.05, 0) is 60.4 Å². The van der Waals surface area contributed by atoms with Crippen molar-refractivity contribution in [3.8, 4) is 0 Å². The molecule has 5 aromatic rings. The van der Waals surface area contributed by atoms with E-state index in [0.717, 1.165) is 27.6 Å². The van der Waals surface area contributed by atoms with Gasteiger partial charge in [-0.1, -0.05) is 72.3 Å². The number of amides is 2. The molecule has 1 aromatic heterocycles. The first kappa shape index (κ1) is 27.8. The number of para-hydroxylation sites is 1. The summed E-state index contributed by atoms with van der Waals surface area (Å²) in [4.78, 5) is 33.7. The lowest BCUT2D eigenvalue weighted by atomic mass is 10.1. The Balaban J connectivity index is 1.41. The highest BCUT2D eigenvalue weighted by Crippen LogP contribution is 2.20. The molecule has 5 nitrogen and oxygen atoms in total. The first-order valence-electron chi connectivity index (χ1n) is 13.5. The van der Waals surface area contributed by atoms with Crippen LogP contribution in [0.15, 0.2) is 103 Å². The summed E-state index contributed by atoms with van der Waals surface area (Å²) in [5.74, 6) is -1.94. The minimum atomic E-state index is -0.662. The van der Waals surface area contributed by atoms with Gasteiger partial charge < -0.3 is 14.8 Å². The summed E-state index contributed by atoms with van der Waals surface area (Å²) in [6, 6.07) is 27.4. The largest absolute Gasteiger partial charge is 0.361 e. The molecule has 0 spiro atoms. The van der Waals surface area contributed by atoms with Crippen LogP contribution in [0, 0.1) is 18.6 Å². The number of aromatic amines is 1. The monoisotopic (exact) mass is 551 g/mol.